The zero-order valence-corrected chi connectivity index (χ0v) is 13.7. The third-order valence-electron chi connectivity index (χ3n) is 4.38. The van der Waals surface area contributed by atoms with Crippen LogP contribution in [0.2, 0.25) is 0 Å². The number of aliphatic imine (C=N–C) groups is 1. The summed E-state index contributed by atoms with van der Waals surface area (Å²) in [5.74, 6) is 1.25. The van der Waals surface area contributed by atoms with Crippen LogP contribution < -0.4 is 5.32 Å². The van der Waals surface area contributed by atoms with Crippen LogP contribution >= 0.6 is 0 Å². The molecule has 0 aliphatic carbocycles. The molecule has 3 rings (SSSR count). The van der Waals surface area contributed by atoms with Gasteiger partial charge in [-0.2, -0.15) is 0 Å². The first-order valence-electron chi connectivity index (χ1n) is 7.97. The highest BCUT2D eigenvalue weighted by molar-refractivity contribution is 5.91. The molecule has 1 amide bonds. The van der Waals surface area contributed by atoms with Crippen molar-refractivity contribution in [3.8, 4) is 0 Å². The Labute approximate surface area is 136 Å². The maximum Gasteiger partial charge on any atom is 0.289 e. The molecule has 0 unspecified atom stereocenters. The summed E-state index contributed by atoms with van der Waals surface area (Å²) in [6.45, 7) is 7.51. The molecule has 3 heterocycles. The molecule has 0 saturated carbocycles. The molecule has 2 fully saturated rings. The van der Waals surface area contributed by atoms with Crippen LogP contribution in [0, 0.1) is 5.41 Å². The molecule has 0 atom stereocenters. The topological polar surface area (TPSA) is 70.3 Å². The molecule has 126 valence electrons. The molecule has 0 spiro atoms. The first kappa shape index (κ1) is 15.9. The molecule has 1 aromatic heterocycles. The number of ether oxygens (including phenoxy) is 1. The molecule has 2 aliphatic rings. The van der Waals surface area contributed by atoms with Crippen molar-refractivity contribution in [2.45, 2.75) is 6.92 Å². The lowest BCUT2D eigenvalue weighted by molar-refractivity contribution is -0.0973. The monoisotopic (exact) mass is 320 g/mol. The molecular weight excluding hydrogens is 296 g/mol. The maximum atomic E-state index is 12.3. The lowest BCUT2D eigenvalue weighted by Crippen LogP contribution is -2.56. The van der Waals surface area contributed by atoms with Crippen LogP contribution in [0.25, 0.3) is 0 Å². The molecule has 7 heteroatoms. The van der Waals surface area contributed by atoms with Crippen LogP contribution in [0.1, 0.15) is 17.5 Å². The molecular formula is C16H24N4O3. The van der Waals surface area contributed by atoms with Gasteiger partial charge < -0.3 is 24.3 Å². The number of guanidine groups is 1. The van der Waals surface area contributed by atoms with Crippen molar-refractivity contribution in [3.05, 3.63) is 24.2 Å². The number of hydrogen-bond donors (Lipinski definition) is 1. The molecule has 0 radical (unpaired) electrons. The second-order valence-corrected chi connectivity index (χ2v) is 6.46. The van der Waals surface area contributed by atoms with Crippen LogP contribution in [0.3, 0.4) is 0 Å². The van der Waals surface area contributed by atoms with E-state index in [0.29, 0.717) is 18.8 Å². The molecule has 23 heavy (non-hydrogen) atoms. The Morgan fingerprint density at radius 3 is 2.52 bits per heavy atom. The molecule has 1 aromatic rings. The highest BCUT2D eigenvalue weighted by Crippen LogP contribution is 2.25. The fourth-order valence-electron chi connectivity index (χ4n) is 2.85. The van der Waals surface area contributed by atoms with Gasteiger partial charge in [0.2, 0.25) is 0 Å². The third-order valence-corrected chi connectivity index (χ3v) is 4.38. The van der Waals surface area contributed by atoms with E-state index in [9.17, 15) is 4.79 Å². The van der Waals surface area contributed by atoms with Crippen molar-refractivity contribution in [2.24, 2.45) is 10.4 Å². The van der Waals surface area contributed by atoms with Crippen molar-refractivity contribution < 1.29 is 13.9 Å². The van der Waals surface area contributed by atoms with E-state index in [0.717, 1.165) is 38.8 Å². The zero-order chi connectivity index (χ0) is 16.3. The smallest absolute Gasteiger partial charge is 0.289 e. The number of furan rings is 1. The third kappa shape index (κ3) is 3.50. The van der Waals surface area contributed by atoms with E-state index in [4.69, 9.17) is 9.15 Å². The number of piperazine rings is 1. The van der Waals surface area contributed by atoms with Gasteiger partial charge >= 0.3 is 0 Å². The summed E-state index contributed by atoms with van der Waals surface area (Å²) in [7, 11) is 1.79. The molecule has 0 bridgehead atoms. The quantitative estimate of drug-likeness (QED) is 0.654. The Hall–Kier alpha value is -2.02. The summed E-state index contributed by atoms with van der Waals surface area (Å²) in [5.41, 5.74) is 0.201. The number of hydrogen-bond acceptors (Lipinski definition) is 4. The Balaban J connectivity index is 1.50. The highest BCUT2D eigenvalue weighted by atomic mass is 16.5. The van der Waals surface area contributed by atoms with Gasteiger partial charge in [0.25, 0.3) is 5.91 Å². The number of carbonyl (C=O) groups excluding carboxylic acids is 1. The Morgan fingerprint density at radius 1 is 1.30 bits per heavy atom. The summed E-state index contributed by atoms with van der Waals surface area (Å²) in [6.07, 6.45) is 1.53. The van der Waals surface area contributed by atoms with Crippen LogP contribution in [0.15, 0.2) is 27.8 Å². The average molecular weight is 320 g/mol. The van der Waals surface area contributed by atoms with E-state index in [1.807, 2.05) is 4.90 Å². The first-order chi connectivity index (χ1) is 11.1. The van der Waals surface area contributed by atoms with E-state index in [1.165, 1.54) is 6.26 Å². The lowest BCUT2D eigenvalue weighted by Gasteiger charge is -2.40. The van der Waals surface area contributed by atoms with E-state index >= 15 is 0 Å². The predicted octanol–water partition coefficient (Wildman–Crippen LogP) is 0.649. The fraction of sp³-hybridized carbons (Fsp3) is 0.625. The van der Waals surface area contributed by atoms with Gasteiger partial charge in [-0.3, -0.25) is 9.79 Å². The van der Waals surface area contributed by atoms with Gasteiger partial charge in [-0.05, 0) is 12.1 Å². The summed E-state index contributed by atoms with van der Waals surface area (Å²) in [4.78, 5) is 20.6. The van der Waals surface area contributed by atoms with Crippen LogP contribution in [-0.4, -0.2) is 74.7 Å². The van der Waals surface area contributed by atoms with Crippen molar-refractivity contribution in [1.29, 1.82) is 0 Å². The second kappa shape index (κ2) is 6.62. The van der Waals surface area contributed by atoms with Gasteiger partial charge in [0.1, 0.15) is 0 Å². The van der Waals surface area contributed by atoms with Crippen LogP contribution in [0.5, 0.6) is 0 Å². The summed E-state index contributed by atoms with van der Waals surface area (Å²) in [5, 5.41) is 3.43. The predicted molar refractivity (Wildman–Crippen MR) is 86.5 cm³/mol. The van der Waals surface area contributed by atoms with Crippen molar-refractivity contribution >= 4 is 11.9 Å². The summed E-state index contributed by atoms with van der Waals surface area (Å²) < 4.78 is 10.5. The van der Waals surface area contributed by atoms with Crippen molar-refractivity contribution in [2.75, 3.05) is 53.0 Å². The molecule has 2 saturated heterocycles. The zero-order valence-electron chi connectivity index (χ0n) is 13.7. The van der Waals surface area contributed by atoms with E-state index in [1.54, 1.807) is 19.2 Å². The highest BCUT2D eigenvalue weighted by Gasteiger charge is 2.34. The number of rotatable bonds is 3. The maximum absolute atomic E-state index is 12.3. The fourth-order valence-corrected chi connectivity index (χ4v) is 2.85. The summed E-state index contributed by atoms with van der Waals surface area (Å²) >= 11 is 0. The average Bonchev–Trinajstić information content (AvgIpc) is 3.08. The van der Waals surface area contributed by atoms with Gasteiger partial charge in [-0.25, -0.2) is 0 Å². The largest absolute Gasteiger partial charge is 0.459 e. The molecule has 7 nitrogen and oxygen atoms in total. The van der Waals surface area contributed by atoms with E-state index < -0.39 is 0 Å². The Kier molecular flexibility index (Phi) is 4.56. The van der Waals surface area contributed by atoms with Gasteiger partial charge in [0, 0.05) is 45.2 Å². The molecule has 2 aliphatic heterocycles. The van der Waals surface area contributed by atoms with Crippen molar-refractivity contribution in [3.63, 3.8) is 0 Å². The lowest BCUT2D eigenvalue weighted by atomic mass is 9.89. The normalized spacial score (nSPS) is 21.0. The summed E-state index contributed by atoms with van der Waals surface area (Å²) in [6, 6.07) is 3.44. The van der Waals surface area contributed by atoms with E-state index in [2.05, 4.69) is 22.1 Å². The van der Waals surface area contributed by atoms with Gasteiger partial charge in [0.05, 0.1) is 19.5 Å². The second-order valence-electron chi connectivity index (χ2n) is 6.46. The molecule has 0 aromatic carbocycles. The number of amides is 1. The minimum Gasteiger partial charge on any atom is -0.459 e. The van der Waals surface area contributed by atoms with Gasteiger partial charge in [-0.15, -0.1) is 0 Å². The van der Waals surface area contributed by atoms with Crippen LogP contribution in [0.4, 0.5) is 0 Å². The Morgan fingerprint density at radius 2 is 2.00 bits per heavy atom. The minimum absolute atomic E-state index is 0.0447. The minimum atomic E-state index is -0.0447. The van der Waals surface area contributed by atoms with Gasteiger partial charge in [0.15, 0.2) is 11.7 Å². The Bertz CT molecular complexity index is 558. The first-order valence-corrected chi connectivity index (χ1v) is 7.97. The number of nitrogens with zero attached hydrogens (tertiary/aromatic N) is 3. The van der Waals surface area contributed by atoms with Crippen molar-refractivity contribution in [1.82, 2.24) is 15.1 Å². The number of nitrogens with one attached hydrogen (secondary N) is 1. The molecule has 1 N–H and O–H groups in total. The van der Waals surface area contributed by atoms with Gasteiger partial charge in [-0.1, -0.05) is 6.92 Å². The van der Waals surface area contributed by atoms with E-state index in [-0.39, 0.29) is 11.3 Å². The SMILES string of the molecule is CN=C(NCC1(C)COC1)N1CCN(C(=O)c2ccco2)CC1. The number of carbonyl (C=O) groups is 1. The van der Waals surface area contributed by atoms with Crippen LogP contribution in [-0.2, 0) is 4.74 Å². The standard InChI is InChI=1S/C16H24N4O3/c1-16(11-22-12-16)10-18-15(17-2)20-7-5-19(6-8-20)14(21)13-4-3-9-23-13/h3-4,9H,5-8,10-12H2,1-2H3,(H,17,18).